The van der Waals surface area contributed by atoms with E-state index in [0.29, 0.717) is 5.11 Å². The smallest absolute Gasteiger partial charge is 0.242 e. The molecule has 0 heterocycles. The highest BCUT2D eigenvalue weighted by atomic mass is 79.9. The number of amides is 1. The molecule has 0 aromatic heterocycles. The number of fused-ring (bicyclic) bond motifs is 1. The number of hydrogen-bond acceptors (Lipinski definition) is 2. The summed E-state index contributed by atoms with van der Waals surface area (Å²) in [6.07, 6.45) is 0.273. The monoisotopic (exact) mass is 413 g/mol. The molecule has 126 valence electrons. The number of nitrogens with one attached hydrogen (secondary N) is 3. The number of benzene rings is 3. The van der Waals surface area contributed by atoms with Gasteiger partial charge in [0.05, 0.1) is 6.42 Å². The van der Waals surface area contributed by atoms with Gasteiger partial charge in [0.15, 0.2) is 5.11 Å². The van der Waals surface area contributed by atoms with E-state index in [1.165, 1.54) is 0 Å². The summed E-state index contributed by atoms with van der Waals surface area (Å²) in [6.45, 7) is 0. The largest absolute Gasteiger partial charge is 0.331 e. The van der Waals surface area contributed by atoms with E-state index < -0.39 is 0 Å². The van der Waals surface area contributed by atoms with Crippen LogP contribution in [0.3, 0.4) is 0 Å². The highest BCUT2D eigenvalue weighted by molar-refractivity contribution is 9.10. The molecule has 1 amide bonds. The minimum atomic E-state index is -0.156. The second kappa shape index (κ2) is 8.09. The van der Waals surface area contributed by atoms with E-state index in [4.69, 9.17) is 12.2 Å². The van der Waals surface area contributed by atoms with E-state index in [9.17, 15) is 4.79 Å². The predicted octanol–water partition coefficient (Wildman–Crippen LogP) is 4.16. The van der Waals surface area contributed by atoms with Gasteiger partial charge in [0.2, 0.25) is 5.91 Å². The van der Waals surface area contributed by atoms with E-state index >= 15 is 0 Å². The number of anilines is 1. The first-order valence-electron chi connectivity index (χ1n) is 7.70. The number of halogens is 1. The zero-order valence-electron chi connectivity index (χ0n) is 13.3. The molecule has 0 spiro atoms. The van der Waals surface area contributed by atoms with E-state index in [1.807, 2.05) is 66.7 Å². The molecule has 3 aromatic carbocycles. The van der Waals surface area contributed by atoms with Crippen molar-refractivity contribution >= 4 is 55.6 Å². The molecule has 0 saturated carbocycles. The van der Waals surface area contributed by atoms with E-state index in [2.05, 4.69) is 32.1 Å². The maximum Gasteiger partial charge on any atom is 0.242 e. The Morgan fingerprint density at radius 1 is 0.920 bits per heavy atom. The summed E-state index contributed by atoms with van der Waals surface area (Å²) in [6, 6.07) is 21.5. The lowest BCUT2D eigenvalue weighted by Gasteiger charge is -2.12. The Kier molecular flexibility index (Phi) is 5.63. The van der Waals surface area contributed by atoms with Gasteiger partial charge in [-0.05, 0) is 52.8 Å². The first-order valence-corrected chi connectivity index (χ1v) is 8.90. The van der Waals surface area contributed by atoms with Gasteiger partial charge >= 0.3 is 0 Å². The van der Waals surface area contributed by atoms with E-state index in [0.717, 1.165) is 26.5 Å². The molecule has 6 heteroatoms. The minimum Gasteiger partial charge on any atom is -0.331 e. The molecule has 25 heavy (non-hydrogen) atoms. The summed E-state index contributed by atoms with van der Waals surface area (Å²) in [5.41, 5.74) is 7.16. The summed E-state index contributed by atoms with van der Waals surface area (Å²) >= 11 is 8.56. The third kappa shape index (κ3) is 4.78. The van der Waals surface area contributed by atoms with Gasteiger partial charge in [0.1, 0.15) is 0 Å². The highest BCUT2D eigenvalue weighted by Gasteiger charge is 2.07. The summed E-state index contributed by atoms with van der Waals surface area (Å²) in [5, 5.41) is 5.53. The maximum atomic E-state index is 12.2. The van der Waals surface area contributed by atoms with Crippen molar-refractivity contribution in [2.45, 2.75) is 6.42 Å². The van der Waals surface area contributed by atoms with Gasteiger partial charge in [-0.15, -0.1) is 0 Å². The molecule has 0 saturated heterocycles. The molecule has 0 fully saturated rings. The van der Waals surface area contributed by atoms with Crippen molar-refractivity contribution in [2.24, 2.45) is 0 Å². The Bertz CT molecular complexity index is 907. The maximum absolute atomic E-state index is 12.2. The van der Waals surface area contributed by atoms with Crippen LogP contribution in [0, 0.1) is 0 Å². The van der Waals surface area contributed by atoms with Crippen molar-refractivity contribution in [3.05, 3.63) is 76.8 Å². The normalized spacial score (nSPS) is 10.3. The second-order valence-electron chi connectivity index (χ2n) is 5.45. The van der Waals surface area contributed by atoms with Gasteiger partial charge in [-0.2, -0.15) is 0 Å². The SMILES string of the molecule is O=C(Cc1cccc2ccccc12)NNC(=S)Nc1ccc(Br)cc1. The van der Waals surface area contributed by atoms with E-state index in [-0.39, 0.29) is 12.3 Å². The fourth-order valence-corrected chi connectivity index (χ4v) is 2.92. The number of hydrazine groups is 1. The fourth-order valence-electron chi connectivity index (χ4n) is 2.49. The summed E-state index contributed by atoms with van der Waals surface area (Å²) < 4.78 is 0.986. The Balaban J connectivity index is 1.55. The van der Waals surface area contributed by atoms with Crippen LogP contribution in [0.2, 0.25) is 0 Å². The van der Waals surface area contributed by atoms with Crippen molar-refractivity contribution < 1.29 is 4.79 Å². The topological polar surface area (TPSA) is 53.2 Å². The number of carbonyl (C=O) groups excluding carboxylic acids is 1. The molecule has 3 N–H and O–H groups in total. The molecule has 0 atom stereocenters. The molecule has 0 aliphatic rings. The predicted molar refractivity (Wildman–Crippen MR) is 109 cm³/mol. The molecule has 0 bridgehead atoms. The summed E-state index contributed by atoms with van der Waals surface area (Å²) in [5.74, 6) is -0.156. The van der Waals surface area contributed by atoms with Gasteiger partial charge < -0.3 is 5.32 Å². The fraction of sp³-hybridized carbons (Fsp3) is 0.0526. The Morgan fingerprint density at radius 3 is 2.44 bits per heavy atom. The average molecular weight is 414 g/mol. The van der Waals surface area contributed by atoms with Crippen molar-refractivity contribution in [3.63, 3.8) is 0 Å². The molecule has 0 aliphatic heterocycles. The molecule has 0 aliphatic carbocycles. The third-order valence-electron chi connectivity index (χ3n) is 3.65. The van der Waals surface area contributed by atoms with Crippen molar-refractivity contribution in [2.75, 3.05) is 5.32 Å². The summed E-state index contributed by atoms with van der Waals surface area (Å²) in [7, 11) is 0. The number of carbonyl (C=O) groups is 1. The number of rotatable bonds is 3. The van der Waals surface area contributed by atoms with Crippen LogP contribution >= 0.6 is 28.1 Å². The quantitative estimate of drug-likeness (QED) is 0.445. The van der Waals surface area contributed by atoms with Crippen LogP contribution < -0.4 is 16.2 Å². The van der Waals surface area contributed by atoms with E-state index in [1.54, 1.807) is 0 Å². The molecule has 3 rings (SSSR count). The van der Waals surface area contributed by atoms with Crippen LogP contribution in [-0.2, 0) is 11.2 Å². The van der Waals surface area contributed by atoms with Crippen molar-refractivity contribution in [3.8, 4) is 0 Å². The molecule has 0 radical (unpaired) electrons. The molecular formula is C19H16BrN3OS. The minimum absolute atomic E-state index is 0.156. The Morgan fingerprint density at radius 2 is 1.64 bits per heavy atom. The third-order valence-corrected chi connectivity index (χ3v) is 4.38. The average Bonchev–Trinajstić information content (AvgIpc) is 2.62. The standard InChI is InChI=1S/C19H16BrN3OS/c20-15-8-10-16(11-9-15)21-19(25)23-22-18(24)12-14-6-3-5-13-4-1-2-7-17(13)14/h1-11H,12H2,(H,22,24)(H2,21,23,25). The highest BCUT2D eigenvalue weighted by Crippen LogP contribution is 2.18. The second-order valence-corrected chi connectivity index (χ2v) is 6.77. The summed E-state index contributed by atoms with van der Waals surface area (Å²) in [4.78, 5) is 12.2. The van der Waals surface area contributed by atoms with Gasteiger partial charge in [0.25, 0.3) is 0 Å². The number of hydrogen-bond donors (Lipinski definition) is 3. The Labute approximate surface area is 159 Å². The van der Waals surface area contributed by atoms with Gasteiger partial charge in [-0.3, -0.25) is 15.6 Å². The lowest BCUT2D eigenvalue weighted by atomic mass is 10.0. The zero-order chi connectivity index (χ0) is 17.6. The van der Waals surface area contributed by atoms with Crippen LogP contribution in [-0.4, -0.2) is 11.0 Å². The zero-order valence-corrected chi connectivity index (χ0v) is 15.7. The van der Waals surface area contributed by atoms with Crippen LogP contribution in [0.1, 0.15) is 5.56 Å². The molecule has 0 unspecified atom stereocenters. The van der Waals surface area contributed by atoms with Crippen LogP contribution in [0.4, 0.5) is 5.69 Å². The van der Waals surface area contributed by atoms with Crippen LogP contribution in [0.15, 0.2) is 71.2 Å². The first-order chi connectivity index (χ1) is 12.1. The number of thiocarbonyl (C=S) groups is 1. The van der Waals surface area contributed by atoms with Crippen molar-refractivity contribution in [1.29, 1.82) is 0 Å². The van der Waals surface area contributed by atoms with Crippen LogP contribution in [0.25, 0.3) is 10.8 Å². The van der Waals surface area contributed by atoms with Gasteiger partial charge in [-0.25, -0.2) is 0 Å². The van der Waals surface area contributed by atoms with Crippen LogP contribution in [0.5, 0.6) is 0 Å². The first kappa shape index (κ1) is 17.4. The lowest BCUT2D eigenvalue weighted by Crippen LogP contribution is -2.44. The van der Waals surface area contributed by atoms with Crippen molar-refractivity contribution in [1.82, 2.24) is 10.9 Å². The van der Waals surface area contributed by atoms with Gasteiger partial charge in [-0.1, -0.05) is 58.4 Å². The molecular weight excluding hydrogens is 398 g/mol. The lowest BCUT2D eigenvalue weighted by molar-refractivity contribution is -0.120. The molecule has 3 aromatic rings. The Hall–Kier alpha value is -2.44. The van der Waals surface area contributed by atoms with Gasteiger partial charge in [0, 0.05) is 10.2 Å². The molecule has 4 nitrogen and oxygen atoms in total.